The zero-order valence-corrected chi connectivity index (χ0v) is 18.3. The van der Waals surface area contributed by atoms with Gasteiger partial charge in [-0.25, -0.2) is 0 Å². The van der Waals surface area contributed by atoms with Crippen molar-refractivity contribution in [3.63, 3.8) is 0 Å². The summed E-state index contributed by atoms with van der Waals surface area (Å²) in [5, 5.41) is 3.23. The van der Waals surface area contributed by atoms with Gasteiger partial charge < -0.3 is 10.2 Å². The van der Waals surface area contributed by atoms with E-state index in [0.717, 1.165) is 29.5 Å². The third-order valence-electron chi connectivity index (χ3n) is 5.97. The lowest BCUT2D eigenvalue weighted by Gasteiger charge is -2.33. The Morgan fingerprint density at radius 1 is 1.00 bits per heavy atom. The largest absolute Gasteiger partial charge is 0.352 e. The molecule has 0 heterocycles. The van der Waals surface area contributed by atoms with Gasteiger partial charge in [-0.05, 0) is 37.3 Å². The van der Waals surface area contributed by atoms with Gasteiger partial charge in [-0.15, -0.1) is 0 Å². The molecule has 0 bridgehead atoms. The Labute approximate surface area is 180 Å². The molecule has 2 aromatic rings. The molecule has 1 saturated carbocycles. The fourth-order valence-corrected chi connectivity index (χ4v) is 4.34. The predicted octanol–water partition coefficient (Wildman–Crippen LogP) is 4.79. The number of carbonyl (C=O) groups is 2. The first-order chi connectivity index (χ1) is 14.6. The number of aryl methyl sites for hydroxylation is 1. The molecule has 4 heteroatoms. The maximum atomic E-state index is 13.4. The van der Waals surface area contributed by atoms with E-state index in [1.807, 2.05) is 68.4 Å². The van der Waals surface area contributed by atoms with Gasteiger partial charge in [0.1, 0.15) is 6.04 Å². The summed E-state index contributed by atoms with van der Waals surface area (Å²) < 4.78 is 0. The van der Waals surface area contributed by atoms with Gasteiger partial charge in [0.2, 0.25) is 11.8 Å². The quantitative estimate of drug-likeness (QED) is 0.685. The second-order valence-corrected chi connectivity index (χ2v) is 8.44. The minimum Gasteiger partial charge on any atom is -0.352 e. The maximum absolute atomic E-state index is 13.4. The van der Waals surface area contributed by atoms with E-state index >= 15 is 0 Å². The molecule has 0 aliphatic heterocycles. The highest BCUT2D eigenvalue weighted by Gasteiger charge is 2.30. The first kappa shape index (κ1) is 22.1. The van der Waals surface area contributed by atoms with Crippen LogP contribution in [0.4, 0.5) is 0 Å². The van der Waals surface area contributed by atoms with Crippen molar-refractivity contribution in [3.05, 3.63) is 71.3 Å². The third-order valence-corrected chi connectivity index (χ3v) is 5.97. The molecule has 0 spiro atoms. The summed E-state index contributed by atoms with van der Waals surface area (Å²) in [7, 11) is 0. The molecule has 30 heavy (non-hydrogen) atoms. The van der Waals surface area contributed by atoms with Gasteiger partial charge in [-0.2, -0.15) is 0 Å². The van der Waals surface area contributed by atoms with Crippen LogP contribution in [0, 0.1) is 6.92 Å². The van der Waals surface area contributed by atoms with Crippen LogP contribution in [0.5, 0.6) is 0 Å². The van der Waals surface area contributed by atoms with Crippen molar-refractivity contribution in [2.45, 2.75) is 77.4 Å². The van der Waals surface area contributed by atoms with Gasteiger partial charge in [0, 0.05) is 12.6 Å². The SMILES string of the molecule is CC[C@@H](C(=O)NC1CCCCC1)N(Cc1ccccc1)C(=O)Cc1cccc(C)c1. The molecule has 2 aromatic carbocycles. The molecule has 0 aromatic heterocycles. The number of hydrogen-bond acceptors (Lipinski definition) is 2. The Morgan fingerprint density at radius 2 is 1.70 bits per heavy atom. The van der Waals surface area contributed by atoms with Crippen molar-refractivity contribution in [2.24, 2.45) is 0 Å². The number of nitrogens with zero attached hydrogens (tertiary/aromatic N) is 1. The van der Waals surface area contributed by atoms with Gasteiger partial charge >= 0.3 is 0 Å². The normalized spacial score (nSPS) is 15.4. The zero-order valence-electron chi connectivity index (χ0n) is 18.3. The second kappa shape index (κ2) is 11.0. The summed E-state index contributed by atoms with van der Waals surface area (Å²) in [5.41, 5.74) is 3.16. The number of carbonyl (C=O) groups excluding carboxylic acids is 2. The number of rotatable bonds is 8. The summed E-state index contributed by atoms with van der Waals surface area (Å²) in [5.74, 6) is -0.0204. The van der Waals surface area contributed by atoms with E-state index in [-0.39, 0.29) is 17.9 Å². The number of nitrogens with one attached hydrogen (secondary N) is 1. The minimum absolute atomic E-state index is 0.00454. The molecule has 2 amide bonds. The Morgan fingerprint density at radius 3 is 2.37 bits per heavy atom. The molecule has 160 valence electrons. The van der Waals surface area contributed by atoms with Gasteiger partial charge in [-0.1, -0.05) is 86.3 Å². The minimum atomic E-state index is -0.454. The van der Waals surface area contributed by atoms with Crippen LogP contribution >= 0.6 is 0 Å². The summed E-state index contributed by atoms with van der Waals surface area (Å²) in [6, 6.07) is 17.8. The van der Waals surface area contributed by atoms with Crippen molar-refractivity contribution < 1.29 is 9.59 Å². The number of hydrogen-bond donors (Lipinski definition) is 1. The Bertz CT molecular complexity index is 828. The van der Waals surface area contributed by atoms with Crippen LogP contribution in [0.15, 0.2) is 54.6 Å². The molecule has 0 saturated heterocycles. The fraction of sp³-hybridized carbons (Fsp3) is 0.462. The lowest BCUT2D eigenvalue weighted by atomic mass is 9.95. The molecule has 3 rings (SSSR count). The van der Waals surface area contributed by atoms with Gasteiger partial charge in [-0.3, -0.25) is 9.59 Å². The van der Waals surface area contributed by atoms with Crippen molar-refractivity contribution in [1.29, 1.82) is 0 Å². The van der Waals surface area contributed by atoms with Crippen molar-refractivity contribution in [1.82, 2.24) is 10.2 Å². The molecule has 1 aliphatic carbocycles. The van der Waals surface area contributed by atoms with Crippen LogP contribution in [0.25, 0.3) is 0 Å². The summed E-state index contributed by atoms with van der Waals surface area (Å²) in [6.07, 6.45) is 6.57. The molecule has 1 aliphatic rings. The van der Waals surface area contributed by atoms with E-state index in [2.05, 4.69) is 5.32 Å². The molecule has 1 N–H and O–H groups in total. The van der Waals surface area contributed by atoms with Gasteiger partial charge in [0.05, 0.1) is 6.42 Å². The first-order valence-corrected chi connectivity index (χ1v) is 11.3. The average molecular weight is 407 g/mol. The second-order valence-electron chi connectivity index (χ2n) is 8.44. The van der Waals surface area contributed by atoms with Crippen molar-refractivity contribution in [3.8, 4) is 0 Å². The fourth-order valence-electron chi connectivity index (χ4n) is 4.34. The molecular weight excluding hydrogens is 372 g/mol. The lowest BCUT2D eigenvalue weighted by Crippen LogP contribution is -2.51. The lowest BCUT2D eigenvalue weighted by molar-refractivity contribution is -0.141. The standard InChI is InChI=1S/C26H34N2O2/c1-3-24(26(30)27-23-15-8-5-9-16-23)28(19-21-12-6-4-7-13-21)25(29)18-22-14-10-11-20(2)17-22/h4,6-7,10-14,17,23-24H,3,5,8-9,15-16,18-19H2,1-2H3,(H,27,30)/t24-/m0/s1. The predicted molar refractivity (Wildman–Crippen MR) is 121 cm³/mol. The molecule has 1 fully saturated rings. The van der Waals surface area contributed by atoms with Gasteiger partial charge in [0.25, 0.3) is 0 Å². The average Bonchev–Trinajstić information content (AvgIpc) is 2.75. The topological polar surface area (TPSA) is 49.4 Å². The van der Waals surface area contributed by atoms with Crippen LogP contribution in [-0.4, -0.2) is 28.8 Å². The molecule has 0 radical (unpaired) electrons. The molecule has 1 atom stereocenters. The van der Waals surface area contributed by atoms with Crippen LogP contribution in [-0.2, 0) is 22.6 Å². The number of benzene rings is 2. The molecule has 0 unspecified atom stereocenters. The zero-order chi connectivity index (χ0) is 21.3. The molecular formula is C26H34N2O2. The van der Waals surface area contributed by atoms with Crippen LogP contribution in [0.1, 0.15) is 62.1 Å². The Hall–Kier alpha value is -2.62. The van der Waals surface area contributed by atoms with E-state index in [4.69, 9.17) is 0 Å². The summed E-state index contributed by atoms with van der Waals surface area (Å²) in [6.45, 7) is 4.47. The maximum Gasteiger partial charge on any atom is 0.243 e. The monoisotopic (exact) mass is 406 g/mol. The Kier molecular flexibility index (Phi) is 8.06. The van der Waals surface area contributed by atoms with E-state index in [1.165, 1.54) is 19.3 Å². The van der Waals surface area contributed by atoms with Crippen molar-refractivity contribution in [2.75, 3.05) is 0 Å². The highest BCUT2D eigenvalue weighted by atomic mass is 16.2. The molecule has 4 nitrogen and oxygen atoms in total. The van der Waals surface area contributed by atoms with E-state index in [0.29, 0.717) is 19.4 Å². The highest BCUT2D eigenvalue weighted by molar-refractivity contribution is 5.88. The summed E-state index contributed by atoms with van der Waals surface area (Å²) in [4.78, 5) is 28.3. The van der Waals surface area contributed by atoms with Gasteiger partial charge in [0.15, 0.2) is 0 Å². The van der Waals surface area contributed by atoms with E-state index < -0.39 is 6.04 Å². The Balaban J connectivity index is 1.78. The third kappa shape index (κ3) is 6.19. The summed E-state index contributed by atoms with van der Waals surface area (Å²) >= 11 is 0. The highest BCUT2D eigenvalue weighted by Crippen LogP contribution is 2.19. The smallest absolute Gasteiger partial charge is 0.243 e. The van der Waals surface area contributed by atoms with E-state index in [1.54, 1.807) is 4.90 Å². The van der Waals surface area contributed by atoms with Crippen LogP contribution in [0.3, 0.4) is 0 Å². The number of amides is 2. The van der Waals surface area contributed by atoms with Crippen LogP contribution in [0.2, 0.25) is 0 Å². The van der Waals surface area contributed by atoms with E-state index in [9.17, 15) is 9.59 Å². The first-order valence-electron chi connectivity index (χ1n) is 11.3. The van der Waals surface area contributed by atoms with Crippen molar-refractivity contribution >= 4 is 11.8 Å². The van der Waals surface area contributed by atoms with Crippen LogP contribution < -0.4 is 5.32 Å².